The van der Waals surface area contributed by atoms with Crippen molar-refractivity contribution in [3.8, 4) is 11.3 Å². The fourth-order valence-corrected chi connectivity index (χ4v) is 1.12. The van der Waals surface area contributed by atoms with Gasteiger partial charge >= 0.3 is 0 Å². The maximum absolute atomic E-state index is 10.4. The average Bonchev–Trinajstić information content (AvgIpc) is 2.71. The molecule has 0 aliphatic carbocycles. The summed E-state index contributed by atoms with van der Waals surface area (Å²) in [5, 5.41) is 14.1. The standard InChI is InChI=1S/C9H6N2O3/c12-11(13)8-3-1-7(2-4-8)9-5-6-14-10-9/h1-6H. The van der Waals surface area contributed by atoms with Gasteiger partial charge in [-0.05, 0) is 12.1 Å². The van der Waals surface area contributed by atoms with Gasteiger partial charge in [0, 0.05) is 23.8 Å². The Hall–Kier alpha value is -2.17. The van der Waals surface area contributed by atoms with Gasteiger partial charge in [-0.1, -0.05) is 5.16 Å². The molecule has 1 heterocycles. The summed E-state index contributed by atoms with van der Waals surface area (Å²) < 4.78 is 4.66. The highest BCUT2D eigenvalue weighted by Gasteiger charge is 2.06. The minimum atomic E-state index is -0.438. The number of aromatic nitrogens is 1. The van der Waals surface area contributed by atoms with Crippen molar-refractivity contribution in [3.63, 3.8) is 0 Å². The topological polar surface area (TPSA) is 69.2 Å². The van der Waals surface area contributed by atoms with Crippen LogP contribution < -0.4 is 0 Å². The van der Waals surface area contributed by atoms with Gasteiger partial charge in [-0.2, -0.15) is 0 Å². The van der Waals surface area contributed by atoms with E-state index in [1.807, 2.05) is 0 Å². The van der Waals surface area contributed by atoms with E-state index in [4.69, 9.17) is 0 Å². The average molecular weight is 190 g/mol. The van der Waals surface area contributed by atoms with Crippen molar-refractivity contribution in [2.45, 2.75) is 0 Å². The Morgan fingerprint density at radius 1 is 1.21 bits per heavy atom. The van der Waals surface area contributed by atoms with E-state index in [9.17, 15) is 10.1 Å². The fourth-order valence-electron chi connectivity index (χ4n) is 1.12. The van der Waals surface area contributed by atoms with Crippen LogP contribution in [0.3, 0.4) is 0 Å². The molecule has 5 nitrogen and oxygen atoms in total. The van der Waals surface area contributed by atoms with E-state index < -0.39 is 4.92 Å². The van der Waals surface area contributed by atoms with E-state index in [-0.39, 0.29) is 5.69 Å². The second-order valence-electron chi connectivity index (χ2n) is 2.69. The molecule has 0 fully saturated rings. The van der Waals surface area contributed by atoms with E-state index in [2.05, 4.69) is 9.68 Å². The van der Waals surface area contributed by atoms with E-state index in [0.717, 1.165) is 5.56 Å². The van der Waals surface area contributed by atoms with Crippen molar-refractivity contribution in [2.75, 3.05) is 0 Å². The normalized spacial score (nSPS) is 10.0. The summed E-state index contributed by atoms with van der Waals surface area (Å²) >= 11 is 0. The van der Waals surface area contributed by atoms with Crippen LogP contribution in [0.5, 0.6) is 0 Å². The van der Waals surface area contributed by atoms with Gasteiger partial charge in [-0.15, -0.1) is 0 Å². The smallest absolute Gasteiger partial charge is 0.269 e. The molecule has 70 valence electrons. The van der Waals surface area contributed by atoms with Gasteiger partial charge in [0.05, 0.1) is 4.92 Å². The summed E-state index contributed by atoms with van der Waals surface area (Å²) in [5.74, 6) is 0. The lowest BCUT2D eigenvalue weighted by Gasteiger charge is -1.94. The molecule has 0 bridgehead atoms. The van der Waals surface area contributed by atoms with Crippen molar-refractivity contribution in [3.05, 3.63) is 46.7 Å². The number of nitro groups is 1. The molecule has 1 aromatic carbocycles. The molecule has 14 heavy (non-hydrogen) atoms. The quantitative estimate of drug-likeness (QED) is 0.537. The number of rotatable bonds is 2. The van der Waals surface area contributed by atoms with Crippen molar-refractivity contribution < 1.29 is 9.45 Å². The van der Waals surface area contributed by atoms with Crippen LogP contribution in [0.1, 0.15) is 0 Å². The minimum Gasteiger partial charge on any atom is -0.364 e. The molecule has 0 aliphatic rings. The highest BCUT2D eigenvalue weighted by atomic mass is 16.6. The summed E-state index contributed by atoms with van der Waals surface area (Å²) in [4.78, 5) is 9.93. The first-order valence-corrected chi connectivity index (χ1v) is 3.92. The number of hydrogen-bond acceptors (Lipinski definition) is 4. The number of non-ortho nitro benzene ring substituents is 1. The fraction of sp³-hybridized carbons (Fsp3) is 0. The van der Waals surface area contributed by atoms with Crippen molar-refractivity contribution >= 4 is 5.69 Å². The molecule has 0 spiro atoms. The Bertz CT molecular complexity index is 434. The maximum atomic E-state index is 10.4. The number of nitrogens with zero attached hydrogens (tertiary/aromatic N) is 2. The molecule has 0 radical (unpaired) electrons. The van der Waals surface area contributed by atoms with E-state index >= 15 is 0 Å². The van der Waals surface area contributed by atoms with Crippen molar-refractivity contribution in [1.29, 1.82) is 0 Å². The molecular weight excluding hydrogens is 184 g/mol. The lowest BCUT2D eigenvalue weighted by molar-refractivity contribution is -0.384. The zero-order chi connectivity index (χ0) is 9.97. The van der Waals surface area contributed by atoms with Crippen molar-refractivity contribution in [1.82, 2.24) is 5.16 Å². The summed E-state index contributed by atoms with van der Waals surface area (Å²) in [6, 6.07) is 7.83. The number of hydrogen-bond donors (Lipinski definition) is 0. The number of nitro benzene ring substituents is 1. The third-order valence-corrected chi connectivity index (χ3v) is 1.81. The maximum Gasteiger partial charge on any atom is 0.269 e. The van der Waals surface area contributed by atoms with Crippen LogP contribution in [-0.2, 0) is 0 Å². The molecule has 2 aromatic rings. The second-order valence-corrected chi connectivity index (χ2v) is 2.69. The molecule has 0 N–H and O–H groups in total. The highest BCUT2D eigenvalue weighted by Crippen LogP contribution is 2.20. The first-order chi connectivity index (χ1) is 6.77. The van der Waals surface area contributed by atoms with Gasteiger partial charge in [-0.25, -0.2) is 0 Å². The second kappa shape index (κ2) is 3.29. The molecule has 2 rings (SSSR count). The van der Waals surface area contributed by atoms with Crippen LogP contribution in [-0.4, -0.2) is 10.1 Å². The van der Waals surface area contributed by atoms with Gasteiger partial charge in [0.15, 0.2) is 0 Å². The lowest BCUT2D eigenvalue weighted by Crippen LogP contribution is -1.86. The Balaban J connectivity index is 2.36. The Labute approximate surface area is 79.1 Å². The molecule has 0 aliphatic heterocycles. The van der Waals surface area contributed by atoms with Crippen LogP contribution >= 0.6 is 0 Å². The minimum absolute atomic E-state index is 0.0669. The van der Waals surface area contributed by atoms with E-state index in [0.29, 0.717) is 5.69 Å². The van der Waals surface area contributed by atoms with Crippen LogP contribution in [0.4, 0.5) is 5.69 Å². The van der Waals surface area contributed by atoms with Crippen LogP contribution in [0, 0.1) is 10.1 Å². The lowest BCUT2D eigenvalue weighted by atomic mass is 10.1. The molecule has 0 amide bonds. The summed E-state index contributed by atoms with van der Waals surface area (Å²) in [5.41, 5.74) is 1.53. The van der Waals surface area contributed by atoms with Gasteiger partial charge in [0.1, 0.15) is 12.0 Å². The molecule has 1 aromatic heterocycles. The van der Waals surface area contributed by atoms with E-state index in [1.165, 1.54) is 18.4 Å². The summed E-state index contributed by atoms with van der Waals surface area (Å²) in [6.45, 7) is 0. The predicted octanol–water partition coefficient (Wildman–Crippen LogP) is 2.25. The zero-order valence-electron chi connectivity index (χ0n) is 7.08. The SMILES string of the molecule is O=[N+]([O-])c1ccc(-c2ccon2)cc1. The predicted molar refractivity (Wildman–Crippen MR) is 48.6 cm³/mol. The third kappa shape index (κ3) is 1.47. The van der Waals surface area contributed by atoms with E-state index in [1.54, 1.807) is 18.2 Å². The molecule has 0 atom stereocenters. The molecule has 0 saturated heterocycles. The van der Waals surface area contributed by atoms with Crippen LogP contribution in [0.2, 0.25) is 0 Å². The van der Waals surface area contributed by atoms with Crippen LogP contribution in [0.25, 0.3) is 11.3 Å². The highest BCUT2D eigenvalue weighted by molar-refractivity contribution is 5.59. The molecule has 0 unspecified atom stereocenters. The Morgan fingerprint density at radius 2 is 1.93 bits per heavy atom. The summed E-state index contributed by atoms with van der Waals surface area (Å²) in [6.07, 6.45) is 1.46. The van der Waals surface area contributed by atoms with Gasteiger partial charge in [0.2, 0.25) is 0 Å². The van der Waals surface area contributed by atoms with Crippen LogP contribution in [0.15, 0.2) is 41.1 Å². The largest absolute Gasteiger partial charge is 0.364 e. The first kappa shape index (κ1) is 8.43. The number of benzene rings is 1. The van der Waals surface area contributed by atoms with Gasteiger partial charge in [-0.3, -0.25) is 10.1 Å². The molecule has 5 heteroatoms. The molecule has 0 saturated carbocycles. The monoisotopic (exact) mass is 190 g/mol. The Kier molecular flexibility index (Phi) is 1.98. The van der Waals surface area contributed by atoms with Gasteiger partial charge < -0.3 is 4.52 Å². The Morgan fingerprint density at radius 3 is 2.43 bits per heavy atom. The molecular formula is C9H6N2O3. The zero-order valence-corrected chi connectivity index (χ0v) is 7.08. The van der Waals surface area contributed by atoms with Gasteiger partial charge in [0.25, 0.3) is 5.69 Å². The summed E-state index contributed by atoms with van der Waals surface area (Å²) in [7, 11) is 0. The third-order valence-electron chi connectivity index (χ3n) is 1.81. The first-order valence-electron chi connectivity index (χ1n) is 3.92. The van der Waals surface area contributed by atoms with Crippen molar-refractivity contribution in [2.24, 2.45) is 0 Å².